The van der Waals surface area contributed by atoms with Crippen molar-refractivity contribution in [3.63, 3.8) is 0 Å². The average Bonchev–Trinajstić information content (AvgIpc) is 2.09. The number of hydrogen-bond acceptors (Lipinski definition) is 4. The molecule has 0 saturated carbocycles. The molecule has 15 heavy (non-hydrogen) atoms. The lowest BCUT2D eigenvalue weighted by Gasteiger charge is -2.21. The van der Waals surface area contributed by atoms with Crippen LogP contribution in [0.2, 0.25) is 0 Å². The molecule has 0 aromatic rings. The van der Waals surface area contributed by atoms with Gasteiger partial charge in [0.1, 0.15) is 11.9 Å². The smallest absolute Gasteiger partial charge is 0.408 e. The molecule has 0 saturated heterocycles. The number of carbonyl (C=O) groups is 2. The van der Waals surface area contributed by atoms with Gasteiger partial charge in [-0.15, -0.1) is 0 Å². The first kappa shape index (κ1) is 13.4. The standard InChI is InChI=1S/C10H16N2O3/c1-10(2,3)15-9(14)12-8(7-13)5-4-6-11/h7-8H,4-5H2,1-3H3,(H,12,14)/t8-/m0/s1. The van der Waals surface area contributed by atoms with E-state index in [1.54, 1.807) is 20.8 Å². The maximum atomic E-state index is 11.2. The second-order valence-corrected chi connectivity index (χ2v) is 4.09. The topological polar surface area (TPSA) is 79.2 Å². The quantitative estimate of drug-likeness (QED) is 0.714. The number of ether oxygens (including phenoxy) is 1. The van der Waals surface area contributed by atoms with Gasteiger partial charge >= 0.3 is 6.09 Å². The Morgan fingerprint density at radius 2 is 2.20 bits per heavy atom. The first-order chi connectivity index (χ1) is 6.89. The van der Waals surface area contributed by atoms with Gasteiger partial charge in [-0.25, -0.2) is 4.79 Å². The summed E-state index contributed by atoms with van der Waals surface area (Å²) >= 11 is 0. The largest absolute Gasteiger partial charge is 0.444 e. The predicted molar refractivity (Wildman–Crippen MR) is 54.1 cm³/mol. The summed E-state index contributed by atoms with van der Waals surface area (Å²) in [7, 11) is 0. The van der Waals surface area contributed by atoms with Crippen LogP contribution < -0.4 is 5.32 Å². The van der Waals surface area contributed by atoms with E-state index in [9.17, 15) is 9.59 Å². The van der Waals surface area contributed by atoms with Gasteiger partial charge in [0.25, 0.3) is 0 Å². The average molecular weight is 212 g/mol. The van der Waals surface area contributed by atoms with Crippen molar-refractivity contribution in [3.05, 3.63) is 0 Å². The third kappa shape index (κ3) is 7.50. The van der Waals surface area contributed by atoms with Gasteiger partial charge in [-0.05, 0) is 27.2 Å². The lowest BCUT2D eigenvalue weighted by molar-refractivity contribution is -0.109. The summed E-state index contributed by atoms with van der Waals surface area (Å²) in [4.78, 5) is 21.7. The maximum Gasteiger partial charge on any atom is 0.408 e. The summed E-state index contributed by atoms with van der Waals surface area (Å²) in [5.74, 6) is 0. The zero-order valence-corrected chi connectivity index (χ0v) is 9.24. The van der Waals surface area contributed by atoms with Gasteiger partial charge in [0.2, 0.25) is 0 Å². The number of rotatable bonds is 4. The fourth-order valence-corrected chi connectivity index (χ4v) is 0.853. The highest BCUT2D eigenvalue weighted by molar-refractivity contribution is 5.73. The Morgan fingerprint density at radius 1 is 1.60 bits per heavy atom. The minimum atomic E-state index is -0.653. The van der Waals surface area contributed by atoms with Gasteiger partial charge in [-0.2, -0.15) is 5.26 Å². The molecule has 0 spiro atoms. The molecule has 0 bridgehead atoms. The normalized spacial score (nSPS) is 12.4. The van der Waals surface area contributed by atoms with Gasteiger partial charge in [0.05, 0.1) is 12.1 Å². The van der Waals surface area contributed by atoms with Crippen molar-refractivity contribution in [2.45, 2.75) is 45.3 Å². The summed E-state index contributed by atoms with van der Waals surface area (Å²) in [5.41, 5.74) is -0.591. The number of amides is 1. The van der Waals surface area contributed by atoms with E-state index in [0.29, 0.717) is 12.7 Å². The molecule has 5 nitrogen and oxygen atoms in total. The van der Waals surface area contributed by atoms with Gasteiger partial charge in [-0.1, -0.05) is 0 Å². The number of nitrogens with zero attached hydrogens (tertiary/aromatic N) is 1. The minimum absolute atomic E-state index is 0.221. The molecule has 1 N–H and O–H groups in total. The van der Waals surface area contributed by atoms with E-state index in [2.05, 4.69) is 5.32 Å². The Hall–Kier alpha value is -1.57. The van der Waals surface area contributed by atoms with Crippen LogP contribution in [0.15, 0.2) is 0 Å². The van der Waals surface area contributed by atoms with Crippen molar-refractivity contribution in [3.8, 4) is 6.07 Å². The van der Waals surface area contributed by atoms with Crippen LogP contribution in [0.25, 0.3) is 0 Å². The van der Waals surface area contributed by atoms with Crippen molar-refractivity contribution in [1.82, 2.24) is 5.32 Å². The van der Waals surface area contributed by atoms with Crippen LogP contribution in [0, 0.1) is 11.3 Å². The monoisotopic (exact) mass is 212 g/mol. The Labute approximate surface area is 89.4 Å². The van der Waals surface area contributed by atoms with Crippen LogP contribution in [-0.4, -0.2) is 24.0 Å². The van der Waals surface area contributed by atoms with E-state index in [1.165, 1.54) is 0 Å². The molecule has 0 aromatic heterocycles. The molecule has 0 aliphatic rings. The van der Waals surface area contributed by atoms with Crippen LogP contribution in [0.1, 0.15) is 33.6 Å². The third-order valence-electron chi connectivity index (χ3n) is 1.43. The van der Waals surface area contributed by atoms with E-state index < -0.39 is 17.7 Å². The molecule has 0 unspecified atom stereocenters. The van der Waals surface area contributed by atoms with E-state index in [4.69, 9.17) is 10.00 Å². The number of aldehydes is 1. The van der Waals surface area contributed by atoms with Gasteiger partial charge in [0, 0.05) is 6.42 Å². The lowest BCUT2D eigenvalue weighted by atomic mass is 10.2. The first-order valence-electron chi connectivity index (χ1n) is 4.71. The summed E-state index contributed by atoms with van der Waals surface area (Å²) < 4.78 is 4.96. The molecule has 5 heteroatoms. The molecule has 0 radical (unpaired) electrons. The predicted octanol–water partition coefficient (Wildman–Crippen LogP) is 1.38. The molecule has 0 fully saturated rings. The number of nitriles is 1. The zero-order chi connectivity index (χ0) is 11.9. The highest BCUT2D eigenvalue weighted by Crippen LogP contribution is 2.07. The van der Waals surface area contributed by atoms with Crippen molar-refractivity contribution in [2.75, 3.05) is 0 Å². The van der Waals surface area contributed by atoms with Crippen LogP contribution >= 0.6 is 0 Å². The Balaban J connectivity index is 4.03. The number of alkyl carbamates (subject to hydrolysis) is 1. The second-order valence-electron chi connectivity index (χ2n) is 4.09. The summed E-state index contributed by atoms with van der Waals surface area (Å²) in [6, 6.07) is 1.25. The van der Waals surface area contributed by atoms with E-state index in [-0.39, 0.29) is 6.42 Å². The fourth-order valence-electron chi connectivity index (χ4n) is 0.853. The minimum Gasteiger partial charge on any atom is -0.444 e. The van der Waals surface area contributed by atoms with E-state index in [0.717, 1.165) is 0 Å². The van der Waals surface area contributed by atoms with Crippen LogP contribution in [-0.2, 0) is 9.53 Å². The third-order valence-corrected chi connectivity index (χ3v) is 1.43. The second kappa shape index (κ2) is 6.02. The molecule has 0 rings (SSSR count). The summed E-state index contributed by atoms with van der Waals surface area (Å²) in [6.07, 6.45) is 0.484. The summed E-state index contributed by atoms with van der Waals surface area (Å²) in [5, 5.41) is 10.7. The van der Waals surface area contributed by atoms with Crippen molar-refractivity contribution in [2.24, 2.45) is 0 Å². The fraction of sp³-hybridized carbons (Fsp3) is 0.700. The Morgan fingerprint density at radius 3 is 2.60 bits per heavy atom. The van der Waals surface area contributed by atoms with Crippen molar-refractivity contribution >= 4 is 12.4 Å². The molecule has 0 aromatic carbocycles. The summed E-state index contributed by atoms with van der Waals surface area (Å²) in [6.45, 7) is 5.20. The molecular weight excluding hydrogens is 196 g/mol. The van der Waals surface area contributed by atoms with E-state index >= 15 is 0 Å². The highest BCUT2D eigenvalue weighted by Gasteiger charge is 2.18. The zero-order valence-electron chi connectivity index (χ0n) is 9.24. The molecule has 1 atom stereocenters. The molecule has 84 valence electrons. The lowest BCUT2D eigenvalue weighted by Crippen LogP contribution is -2.39. The highest BCUT2D eigenvalue weighted by atomic mass is 16.6. The Kier molecular flexibility index (Phi) is 5.39. The number of hydrogen-bond donors (Lipinski definition) is 1. The van der Waals surface area contributed by atoms with Gasteiger partial charge in [-0.3, -0.25) is 0 Å². The van der Waals surface area contributed by atoms with Gasteiger partial charge < -0.3 is 14.8 Å². The molecule has 0 heterocycles. The van der Waals surface area contributed by atoms with Crippen LogP contribution in [0.5, 0.6) is 0 Å². The molecule has 0 aliphatic carbocycles. The molecular formula is C10H16N2O3. The number of nitrogens with one attached hydrogen (secondary N) is 1. The van der Waals surface area contributed by atoms with Crippen molar-refractivity contribution < 1.29 is 14.3 Å². The SMILES string of the molecule is CC(C)(C)OC(=O)N[C@H](C=O)CCC#N. The molecule has 1 amide bonds. The van der Waals surface area contributed by atoms with E-state index in [1.807, 2.05) is 6.07 Å². The van der Waals surface area contributed by atoms with Crippen LogP contribution in [0.3, 0.4) is 0 Å². The van der Waals surface area contributed by atoms with Crippen molar-refractivity contribution in [1.29, 1.82) is 5.26 Å². The van der Waals surface area contributed by atoms with Crippen LogP contribution in [0.4, 0.5) is 4.79 Å². The van der Waals surface area contributed by atoms with Gasteiger partial charge in [0.15, 0.2) is 0 Å². The Bertz CT molecular complexity index is 263. The first-order valence-corrected chi connectivity index (χ1v) is 4.71. The number of carbonyl (C=O) groups excluding carboxylic acids is 2. The molecule has 0 aliphatic heterocycles. The maximum absolute atomic E-state index is 11.2.